The van der Waals surface area contributed by atoms with Crippen molar-refractivity contribution in [3.05, 3.63) is 17.8 Å². The highest BCUT2D eigenvalue weighted by atomic mass is 15.3. The van der Waals surface area contributed by atoms with Crippen LogP contribution < -0.4 is 10.6 Å². The molecule has 5 nitrogen and oxygen atoms in total. The van der Waals surface area contributed by atoms with Crippen LogP contribution in [0.15, 0.2) is 12.3 Å². The molecule has 1 saturated heterocycles. The van der Waals surface area contributed by atoms with Crippen molar-refractivity contribution < 1.29 is 0 Å². The molecule has 1 aromatic rings. The number of rotatable bonds is 3. The molecule has 0 aliphatic carbocycles. The van der Waals surface area contributed by atoms with E-state index in [2.05, 4.69) is 21.2 Å². The van der Waals surface area contributed by atoms with Gasteiger partial charge in [-0.3, -0.25) is 0 Å². The fourth-order valence-electron chi connectivity index (χ4n) is 2.40. The number of anilines is 1. The summed E-state index contributed by atoms with van der Waals surface area (Å²) in [5.74, 6) is 0.716. The summed E-state index contributed by atoms with van der Waals surface area (Å²) in [4.78, 5) is 2.20. The third kappa shape index (κ3) is 2.53. The molecule has 0 amide bonds. The fourth-order valence-corrected chi connectivity index (χ4v) is 2.40. The molecule has 2 N–H and O–H groups in total. The van der Waals surface area contributed by atoms with Gasteiger partial charge in [0.25, 0.3) is 0 Å². The van der Waals surface area contributed by atoms with E-state index in [-0.39, 0.29) is 0 Å². The molecule has 0 radical (unpaired) electrons. The van der Waals surface area contributed by atoms with Crippen molar-refractivity contribution in [3.63, 3.8) is 0 Å². The topological polar surface area (TPSA) is 78.8 Å². The van der Waals surface area contributed by atoms with Gasteiger partial charge in [0.05, 0.1) is 11.8 Å². The Bertz CT molecular complexity index is 410. The lowest BCUT2D eigenvalue weighted by Gasteiger charge is -2.36. The van der Waals surface area contributed by atoms with Crippen molar-refractivity contribution in [1.29, 1.82) is 5.26 Å². The fraction of sp³-hybridized carbons (Fsp3) is 0.583. The van der Waals surface area contributed by atoms with Crippen molar-refractivity contribution in [1.82, 2.24) is 10.2 Å². The molecule has 2 heterocycles. The lowest BCUT2D eigenvalue weighted by molar-refractivity contribution is 0.437. The molecular formula is C12H17N5. The highest BCUT2D eigenvalue weighted by Crippen LogP contribution is 2.26. The first-order valence-corrected chi connectivity index (χ1v) is 6.05. The first kappa shape index (κ1) is 11.8. The second-order valence-corrected chi connectivity index (χ2v) is 4.30. The van der Waals surface area contributed by atoms with Gasteiger partial charge < -0.3 is 10.6 Å². The van der Waals surface area contributed by atoms with Gasteiger partial charge in [0.1, 0.15) is 6.07 Å². The molecule has 1 aliphatic rings. The molecule has 5 heteroatoms. The Hall–Kier alpha value is -1.67. The standard InChI is InChI=1S/C12H17N5/c13-6-4-11-3-1-2-8-17(11)12-10(9-14)5-7-15-16-12/h5,7,11H,1-4,6,8,13H2. The maximum Gasteiger partial charge on any atom is 0.169 e. The highest BCUT2D eigenvalue weighted by Gasteiger charge is 2.25. The van der Waals surface area contributed by atoms with Crippen LogP contribution in [0, 0.1) is 11.3 Å². The minimum absolute atomic E-state index is 0.401. The average Bonchev–Trinajstić information content (AvgIpc) is 2.40. The Labute approximate surface area is 101 Å². The molecule has 17 heavy (non-hydrogen) atoms. The number of aromatic nitrogens is 2. The van der Waals surface area contributed by atoms with E-state index < -0.39 is 0 Å². The van der Waals surface area contributed by atoms with Crippen molar-refractivity contribution in [2.75, 3.05) is 18.0 Å². The zero-order valence-corrected chi connectivity index (χ0v) is 9.84. The maximum atomic E-state index is 9.10. The first-order chi connectivity index (χ1) is 8.36. The third-order valence-electron chi connectivity index (χ3n) is 3.22. The molecule has 1 unspecified atom stereocenters. The van der Waals surface area contributed by atoms with Crippen LogP contribution in [0.5, 0.6) is 0 Å². The van der Waals surface area contributed by atoms with Gasteiger partial charge in [0.2, 0.25) is 0 Å². The normalized spacial score (nSPS) is 20.0. The Morgan fingerprint density at radius 2 is 2.41 bits per heavy atom. The zero-order chi connectivity index (χ0) is 12.1. The summed E-state index contributed by atoms with van der Waals surface area (Å²) in [5.41, 5.74) is 6.24. The summed E-state index contributed by atoms with van der Waals surface area (Å²) in [5, 5.41) is 17.1. The van der Waals surface area contributed by atoms with E-state index in [0.29, 0.717) is 24.0 Å². The van der Waals surface area contributed by atoms with Crippen LogP contribution in [0.1, 0.15) is 31.2 Å². The van der Waals surface area contributed by atoms with E-state index in [1.165, 1.54) is 6.42 Å². The van der Waals surface area contributed by atoms with Crippen LogP contribution in [0.25, 0.3) is 0 Å². The van der Waals surface area contributed by atoms with Crippen LogP contribution in [-0.4, -0.2) is 29.3 Å². The van der Waals surface area contributed by atoms with E-state index in [4.69, 9.17) is 11.0 Å². The van der Waals surface area contributed by atoms with Crippen LogP contribution in [-0.2, 0) is 0 Å². The Morgan fingerprint density at radius 3 is 3.18 bits per heavy atom. The molecule has 0 aromatic carbocycles. The van der Waals surface area contributed by atoms with Crippen LogP contribution in [0.4, 0.5) is 5.82 Å². The van der Waals surface area contributed by atoms with Gasteiger partial charge in [0.15, 0.2) is 5.82 Å². The van der Waals surface area contributed by atoms with Gasteiger partial charge in [-0.1, -0.05) is 0 Å². The lowest BCUT2D eigenvalue weighted by Crippen LogP contribution is -2.41. The molecule has 90 valence electrons. The quantitative estimate of drug-likeness (QED) is 0.841. The Balaban J connectivity index is 2.26. The SMILES string of the molecule is N#Cc1ccnnc1N1CCCCC1CCN. The van der Waals surface area contributed by atoms with Crippen LogP contribution in [0.3, 0.4) is 0 Å². The Kier molecular flexibility index (Phi) is 3.89. The minimum Gasteiger partial charge on any atom is -0.351 e. The maximum absolute atomic E-state index is 9.10. The number of nitriles is 1. The zero-order valence-electron chi connectivity index (χ0n) is 9.84. The predicted molar refractivity (Wildman–Crippen MR) is 65.4 cm³/mol. The van der Waals surface area contributed by atoms with Crippen molar-refractivity contribution in [3.8, 4) is 6.07 Å². The monoisotopic (exact) mass is 231 g/mol. The molecule has 0 bridgehead atoms. The number of nitrogens with zero attached hydrogens (tertiary/aromatic N) is 4. The minimum atomic E-state index is 0.401. The van der Waals surface area contributed by atoms with Crippen LogP contribution >= 0.6 is 0 Å². The molecule has 1 aliphatic heterocycles. The van der Waals surface area contributed by atoms with Crippen molar-refractivity contribution in [2.24, 2.45) is 5.73 Å². The van der Waals surface area contributed by atoms with Gasteiger partial charge in [-0.05, 0) is 38.3 Å². The van der Waals surface area contributed by atoms with Gasteiger partial charge >= 0.3 is 0 Å². The predicted octanol–water partition coefficient (Wildman–Crippen LogP) is 1.06. The number of nitrogens with two attached hydrogens (primary N) is 1. The molecule has 1 fully saturated rings. The van der Waals surface area contributed by atoms with Gasteiger partial charge in [-0.2, -0.15) is 10.4 Å². The largest absolute Gasteiger partial charge is 0.351 e. The van der Waals surface area contributed by atoms with E-state index in [1.807, 2.05) is 0 Å². The summed E-state index contributed by atoms with van der Waals surface area (Å²) in [7, 11) is 0. The molecule has 1 aromatic heterocycles. The van der Waals surface area contributed by atoms with Crippen molar-refractivity contribution >= 4 is 5.82 Å². The average molecular weight is 231 g/mol. The second kappa shape index (κ2) is 5.60. The third-order valence-corrected chi connectivity index (χ3v) is 3.22. The number of hydrogen-bond donors (Lipinski definition) is 1. The summed E-state index contributed by atoms with van der Waals surface area (Å²) < 4.78 is 0. The highest BCUT2D eigenvalue weighted by molar-refractivity contribution is 5.53. The second-order valence-electron chi connectivity index (χ2n) is 4.30. The molecule has 1 atom stereocenters. The van der Waals surface area contributed by atoms with E-state index in [1.54, 1.807) is 12.3 Å². The molecular weight excluding hydrogens is 214 g/mol. The molecule has 0 saturated carbocycles. The van der Waals surface area contributed by atoms with Gasteiger partial charge in [-0.15, -0.1) is 5.10 Å². The summed E-state index contributed by atoms with van der Waals surface area (Å²) in [6.45, 7) is 1.61. The summed E-state index contributed by atoms with van der Waals surface area (Å²) >= 11 is 0. The van der Waals surface area contributed by atoms with Crippen LogP contribution in [0.2, 0.25) is 0 Å². The van der Waals surface area contributed by atoms with E-state index in [0.717, 1.165) is 25.8 Å². The smallest absolute Gasteiger partial charge is 0.169 e. The summed E-state index contributed by atoms with van der Waals surface area (Å²) in [6.07, 6.45) is 6.00. The van der Waals surface area contributed by atoms with E-state index in [9.17, 15) is 0 Å². The van der Waals surface area contributed by atoms with Crippen molar-refractivity contribution in [2.45, 2.75) is 31.7 Å². The van der Waals surface area contributed by atoms with Gasteiger partial charge in [-0.25, -0.2) is 0 Å². The van der Waals surface area contributed by atoms with E-state index >= 15 is 0 Å². The number of piperidine rings is 1. The molecule has 0 spiro atoms. The molecule has 2 rings (SSSR count). The van der Waals surface area contributed by atoms with Gasteiger partial charge in [0, 0.05) is 12.6 Å². The number of hydrogen-bond acceptors (Lipinski definition) is 5. The Morgan fingerprint density at radius 1 is 1.53 bits per heavy atom. The summed E-state index contributed by atoms with van der Waals surface area (Å²) in [6, 6.07) is 4.30. The lowest BCUT2D eigenvalue weighted by atomic mass is 9.99. The first-order valence-electron chi connectivity index (χ1n) is 6.05.